The Morgan fingerprint density at radius 1 is 1.54 bits per heavy atom. The van der Waals surface area contributed by atoms with Crippen molar-refractivity contribution in [3.8, 4) is 0 Å². The van der Waals surface area contributed by atoms with Crippen molar-refractivity contribution in [1.29, 1.82) is 0 Å². The normalized spacial score (nSPS) is 12.5. The molecule has 0 aliphatic rings. The van der Waals surface area contributed by atoms with E-state index < -0.39 is 12.6 Å². The van der Waals surface area contributed by atoms with E-state index in [1.807, 2.05) is 12.1 Å². The molecule has 0 saturated heterocycles. The zero-order valence-electron chi connectivity index (χ0n) is 7.26. The highest BCUT2D eigenvalue weighted by atomic mass is 35.5. The van der Waals surface area contributed by atoms with E-state index in [2.05, 4.69) is 13.5 Å². The van der Waals surface area contributed by atoms with Gasteiger partial charge in [0.05, 0.1) is 11.7 Å². The van der Waals surface area contributed by atoms with Gasteiger partial charge in [0.25, 0.3) is 0 Å². The van der Waals surface area contributed by atoms with Crippen molar-refractivity contribution < 1.29 is 4.39 Å². The molecule has 1 rings (SSSR count). The molecule has 1 radical (unpaired) electrons. The summed E-state index contributed by atoms with van der Waals surface area (Å²) in [6, 6.07) is 5.45. The van der Waals surface area contributed by atoms with Crippen LogP contribution >= 0.6 is 11.6 Å². The predicted molar refractivity (Wildman–Crippen MR) is 55.6 cm³/mol. The van der Waals surface area contributed by atoms with E-state index >= 15 is 0 Å². The molecule has 0 aromatic heterocycles. The first-order chi connectivity index (χ1) is 6.20. The van der Waals surface area contributed by atoms with Crippen molar-refractivity contribution in [2.45, 2.75) is 5.92 Å². The van der Waals surface area contributed by atoms with Gasteiger partial charge >= 0.3 is 0 Å². The monoisotopic (exact) mass is 197 g/mol. The van der Waals surface area contributed by atoms with Crippen molar-refractivity contribution in [1.82, 2.24) is 0 Å². The molecule has 0 fully saturated rings. The minimum atomic E-state index is -0.500. The smallest absolute Gasteiger partial charge is 0.0963 e. The molecular formula is C11H11ClF. The van der Waals surface area contributed by atoms with E-state index in [0.29, 0.717) is 5.02 Å². The van der Waals surface area contributed by atoms with Gasteiger partial charge in [0.2, 0.25) is 0 Å². The zero-order chi connectivity index (χ0) is 9.84. The number of halogens is 2. The molecule has 1 atom stereocenters. The maximum atomic E-state index is 12.3. The lowest BCUT2D eigenvalue weighted by molar-refractivity contribution is 0.465. The molecule has 69 valence electrons. The number of benzene rings is 1. The highest BCUT2D eigenvalue weighted by Gasteiger charge is 2.10. The summed E-state index contributed by atoms with van der Waals surface area (Å²) in [5, 5.41) is 0.551. The molecule has 0 bridgehead atoms. The van der Waals surface area contributed by atoms with Crippen LogP contribution in [-0.4, -0.2) is 6.67 Å². The number of hydrogen-bond donors (Lipinski definition) is 0. The van der Waals surface area contributed by atoms with Crippen LogP contribution in [0.25, 0.3) is 6.08 Å². The van der Waals surface area contributed by atoms with Crippen LogP contribution in [0, 0.1) is 6.92 Å². The summed E-state index contributed by atoms with van der Waals surface area (Å²) in [5.41, 5.74) is 1.56. The van der Waals surface area contributed by atoms with Gasteiger partial charge in [-0.25, -0.2) is 0 Å². The highest BCUT2D eigenvalue weighted by Crippen LogP contribution is 2.28. The molecule has 0 heterocycles. The second-order valence-electron chi connectivity index (χ2n) is 2.81. The largest absolute Gasteiger partial charge is 0.250 e. The second kappa shape index (κ2) is 4.43. The molecule has 0 saturated carbocycles. The van der Waals surface area contributed by atoms with E-state index in [1.165, 1.54) is 0 Å². The van der Waals surface area contributed by atoms with Crippen molar-refractivity contribution >= 4 is 17.7 Å². The van der Waals surface area contributed by atoms with Gasteiger partial charge < -0.3 is 0 Å². The Bertz CT molecular complexity index is 307. The lowest BCUT2D eigenvalue weighted by atomic mass is 10.00. The van der Waals surface area contributed by atoms with E-state index in [9.17, 15) is 4.39 Å². The van der Waals surface area contributed by atoms with Gasteiger partial charge in [-0.1, -0.05) is 42.5 Å². The van der Waals surface area contributed by atoms with Crippen LogP contribution in [0.2, 0.25) is 5.02 Å². The average Bonchev–Trinajstić information content (AvgIpc) is 2.17. The summed E-state index contributed by atoms with van der Waals surface area (Å²) in [5.74, 6) is -0.396. The molecule has 1 aromatic carbocycles. The first-order valence-electron chi connectivity index (χ1n) is 4.00. The van der Waals surface area contributed by atoms with Crippen LogP contribution in [0.4, 0.5) is 4.39 Å². The fourth-order valence-corrected chi connectivity index (χ4v) is 1.48. The van der Waals surface area contributed by atoms with Crippen LogP contribution in [0.15, 0.2) is 24.8 Å². The van der Waals surface area contributed by atoms with E-state index in [4.69, 9.17) is 11.6 Å². The van der Waals surface area contributed by atoms with Crippen molar-refractivity contribution in [2.24, 2.45) is 0 Å². The van der Waals surface area contributed by atoms with Gasteiger partial charge in [0.1, 0.15) is 0 Å². The Hall–Kier alpha value is -0.820. The molecule has 1 aromatic rings. The van der Waals surface area contributed by atoms with Gasteiger partial charge in [-0.15, -0.1) is 0 Å². The minimum Gasteiger partial charge on any atom is -0.250 e. The molecule has 0 spiro atoms. The lowest BCUT2D eigenvalue weighted by Gasteiger charge is -2.10. The Labute approximate surface area is 83.0 Å². The van der Waals surface area contributed by atoms with Crippen LogP contribution in [0.1, 0.15) is 17.0 Å². The fourth-order valence-electron chi connectivity index (χ4n) is 1.12. The van der Waals surface area contributed by atoms with Gasteiger partial charge in [-0.3, -0.25) is 4.39 Å². The topological polar surface area (TPSA) is 0 Å². The summed E-state index contributed by atoms with van der Waals surface area (Å²) < 4.78 is 12.3. The van der Waals surface area contributed by atoms with Crippen LogP contribution in [0.3, 0.4) is 0 Å². The van der Waals surface area contributed by atoms with Crippen LogP contribution in [-0.2, 0) is 0 Å². The van der Waals surface area contributed by atoms with Gasteiger partial charge in [-0.2, -0.15) is 0 Å². The van der Waals surface area contributed by atoms with Crippen LogP contribution < -0.4 is 0 Å². The number of hydrogen-bond acceptors (Lipinski definition) is 0. The van der Waals surface area contributed by atoms with Crippen molar-refractivity contribution in [3.05, 3.63) is 47.9 Å². The van der Waals surface area contributed by atoms with Gasteiger partial charge in [0, 0.05) is 5.92 Å². The predicted octanol–water partition coefficient (Wildman–Crippen LogP) is 3.87. The molecule has 0 amide bonds. The molecule has 13 heavy (non-hydrogen) atoms. The third-order valence-electron chi connectivity index (χ3n) is 1.90. The third-order valence-corrected chi connectivity index (χ3v) is 2.34. The Balaban J connectivity index is 3.15. The quantitative estimate of drug-likeness (QED) is 0.690. The lowest BCUT2D eigenvalue weighted by Crippen LogP contribution is -1.97. The summed E-state index contributed by atoms with van der Waals surface area (Å²) in [6.07, 6.45) is 1.65. The molecule has 0 aliphatic heterocycles. The summed E-state index contributed by atoms with van der Waals surface area (Å²) >= 11 is 6.00. The zero-order valence-corrected chi connectivity index (χ0v) is 8.02. The molecule has 0 aliphatic carbocycles. The molecule has 1 unspecified atom stereocenters. The minimum absolute atomic E-state index is 0.396. The van der Waals surface area contributed by atoms with E-state index in [0.717, 1.165) is 11.1 Å². The number of alkyl halides is 1. The Morgan fingerprint density at radius 3 is 2.77 bits per heavy atom. The maximum Gasteiger partial charge on any atom is 0.0963 e. The number of rotatable bonds is 3. The third kappa shape index (κ3) is 2.10. The fraction of sp³-hybridized carbons (Fsp3) is 0.182. The van der Waals surface area contributed by atoms with Gasteiger partial charge in [-0.05, 0) is 18.1 Å². The summed E-state index contributed by atoms with van der Waals surface area (Å²) in [6.45, 7) is 6.79. The first-order valence-corrected chi connectivity index (χ1v) is 4.38. The molecule has 0 nitrogen and oxygen atoms in total. The standard InChI is InChI=1S/C11H11ClF/c1-3-9-5-4-6-10(11(9)12)8(2)7-13/h3-6,8H,1-2,7H2. The SMILES string of the molecule is [CH2]C(CF)c1cccc(C=C)c1Cl. The van der Waals surface area contributed by atoms with E-state index in [-0.39, 0.29) is 0 Å². The van der Waals surface area contributed by atoms with E-state index in [1.54, 1.807) is 12.1 Å². The maximum absolute atomic E-state index is 12.3. The van der Waals surface area contributed by atoms with Crippen LogP contribution in [0.5, 0.6) is 0 Å². The summed E-state index contributed by atoms with van der Waals surface area (Å²) in [4.78, 5) is 0. The second-order valence-corrected chi connectivity index (χ2v) is 3.18. The molecule has 2 heteroatoms. The Kier molecular flexibility index (Phi) is 3.49. The Morgan fingerprint density at radius 2 is 2.23 bits per heavy atom. The van der Waals surface area contributed by atoms with Crippen molar-refractivity contribution in [2.75, 3.05) is 6.67 Å². The average molecular weight is 198 g/mol. The van der Waals surface area contributed by atoms with Gasteiger partial charge in [0.15, 0.2) is 0 Å². The molecule has 0 N–H and O–H groups in total. The highest BCUT2D eigenvalue weighted by molar-refractivity contribution is 6.32. The first kappa shape index (κ1) is 10.3. The summed E-state index contributed by atoms with van der Waals surface area (Å²) in [7, 11) is 0. The van der Waals surface area contributed by atoms with Crippen molar-refractivity contribution in [3.63, 3.8) is 0 Å². The molecular weight excluding hydrogens is 187 g/mol.